The third-order valence-corrected chi connectivity index (χ3v) is 1.26. The van der Waals surface area contributed by atoms with Crippen LogP contribution in [0.15, 0.2) is 0 Å². The molecule has 5 N–H and O–H groups in total. The fourth-order valence-electron chi connectivity index (χ4n) is 0. The van der Waals surface area contributed by atoms with E-state index in [1.807, 2.05) is 0 Å². The Kier molecular flexibility index (Phi) is 17.5. The molecule has 0 saturated carbocycles. The Morgan fingerprint density at radius 1 is 1.27 bits per heavy atom. The van der Waals surface area contributed by atoms with Gasteiger partial charge in [0.25, 0.3) is 10.1 Å². The first-order valence-corrected chi connectivity index (χ1v) is 4.44. The third-order valence-electron chi connectivity index (χ3n) is 0.531. The Balaban J connectivity index is -0.000000114. The van der Waals surface area contributed by atoms with Crippen molar-refractivity contribution < 1.29 is 13.0 Å². The van der Waals surface area contributed by atoms with E-state index in [0.29, 0.717) is 13.1 Å². The molecule has 0 heterocycles. The quantitative estimate of drug-likeness (QED) is 0.353. The minimum atomic E-state index is -3.66. The fraction of sp³-hybridized carbons (Fsp3) is 1.00. The molecule has 66 valence electrons. The second kappa shape index (κ2) is 10.8. The molecule has 5 nitrogen and oxygen atoms in total. The molecule has 0 spiro atoms. The normalized spacial score (nSPS) is 9.09. The van der Waals surface area contributed by atoms with E-state index >= 15 is 0 Å². The van der Waals surface area contributed by atoms with Crippen molar-refractivity contribution in [1.82, 2.24) is 0 Å². The van der Waals surface area contributed by atoms with Crippen molar-refractivity contribution in [1.29, 1.82) is 0 Å². The molecule has 0 bridgehead atoms. The van der Waals surface area contributed by atoms with Gasteiger partial charge in [-0.3, -0.25) is 4.55 Å². The molecule has 0 aromatic carbocycles. The maximum atomic E-state index is 9.56. The van der Waals surface area contributed by atoms with Crippen molar-refractivity contribution in [2.75, 3.05) is 18.8 Å². The molecule has 0 aromatic rings. The second-order valence-electron chi connectivity index (χ2n) is 1.45. The summed E-state index contributed by atoms with van der Waals surface area (Å²) in [5.41, 5.74) is 9.81. The van der Waals surface area contributed by atoms with Crippen molar-refractivity contribution in [3.05, 3.63) is 0 Å². The van der Waals surface area contributed by atoms with Crippen molar-refractivity contribution in [3.8, 4) is 0 Å². The zero-order valence-corrected chi connectivity index (χ0v) is 6.76. The van der Waals surface area contributed by atoms with Gasteiger partial charge in [-0.1, -0.05) is 0 Å². The van der Waals surface area contributed by atoms with Gasteiger partial charge >= 0.3 is 29.6 Å². The molecule has 0 aliphatic carbocycles. The summed E-state index contributed by atoms with van der Waals surface area (Å²) in [6, 6.07) is 0. The van der Waals surface area contributed by atoms with Crippen molar-refractivity contribution >= 4 is 39.7 Å². The summed E-state index contributed by atoms with van der Waals surface area (Å²) in [5, 5.41) is 0. The van der Waals surface area contributed by atoms with E-state index in [0.717, 1.165) is 0 Å². The van der Waals surface area contributed by atoms with Crippen LogP contribution in [0.5, 0.6) is 0 Å². The summed E-state index contributed by atoms with van der Waals surface area (Å²) < 4.78 is 26.9. The Bertz CT molecular complexity index is 145. The minimum absolute atomic E-state index is 0. The maximum absolute atomic E-state index is 9.56. The van der Waals surface area contributed by atoms with Gasteiger partial charge in [0.2, 0.25) is 0 Å². The molecular weight excluding hydrogens is 179 g/mol. The van der Waals surface area contributed by atoms with Gasteiger partial charge < -0.3 is 11.5 Å². The Labute approximate surface area is 89.6 Å². The third kappa shape index (κ3) is 36.2. The van der Waals surface area contributed by atoms with Gasteiger partial charge in [-0.25, -0.2) is 0 Å². The average Bonchev–Trinajstić information content (AvgIpc) is 1.87. The van der Waals surface area contributed by atoms with E-state index in [1.165, 1.54) is 6.92 Å². The van der Waals surface area contributed by atoms with E-state index < -0.39 is 10.1 Å². The molecule has 0 aliphatic heterocycles. The molecule has 0 radical (unpaired) electrons. The summed E-state index contributed by atoms with van der Waals surface area (Å²) in [6.45, 7) is 2.56. The van der Waals surface area contributed by atoms with Crippen molar-refractivity contribution in [2.24, 2.45) is 11.5 Å². The standard InChI is InChI=1S/C2H8N2.C2H6O3S.Na.H/c3-1-2-4;1-2-6(3,4)5;;/h1-4H2;2H2,1H3,(H,3,4,5);;. The molecule has 0 rings (SSSR count). The van der Waals surface area contributed by atoms with Gasteiger partial charge in [0, 0.05) is 13.1 Å². The Hall–Kier alpha value is 0.830. The van der Waals surface area contributed by atoms with E-state index in [4.69, 9.17) is 16.0 Å². The SMILES string of the molecule is CCS(=O)(=O)O.NCCN.[NaH]. The van der Waals surface area contributed by atoms with Gasteiger partial charge in [0.15, 0.2) is 0 Å². The van der Waals surface area contributed by atoms with Crippen LogP contribution in [0.2, 0.25) is 0 Å². The summed E-state index contributed by atoms with van der Waals surface area (Å²) in [7, 11) is -3.66. The van der Waals surface area contributed by atoms with Gasteiger partial charge in [-0.15, -0.1) is 0 Å². The predicted molar refractivity (Wildman–Crippen MR) is 47.3 cm³/mol. The van der Waals surface area contributed by atoms with E-state index in [9.17, 15) is 8.42 Å². The summed E-state index contributed by atoms with van der Waals surface area (Å²) >= 11 is 0. The molecule has 11 heavy (non-hydrogen) atoms. The summed E-state index contributed by atoms with van der Waals surface area (Å²) in [4.78, 5) is 0. The van der Waals surface area contributed by atoms with Gasteiger partial charge in [-0.05, 0) is 6.92 Å². The first-order valence-electron chi connectivity index (χ1n) is 2.83. The Morgan fingerprint density at radius 2 is 1.45 bits per heavy atom. The van der Waals surface area contributed by atoms with Crippen LogP contribution < -0.4 is 11.5 Å². The first-order chi connectivity index (χ1) is 4.47. The Morgan fingerprint density at radius 3 is 1.45 bits per heavy atom. The monoisotopic (exact) mass is 194 g/mol. The predicted octanol–water partition coefficient (Wildman–Crippen LogP) is -1.85. The molecule has 0 atom stereocenters. The number of rotatable bonds is 2. The number of nitrogens with two attached hydrogens (primary N) is 2. The van der Waals surface area contributed by atoms with E-state index in [2.05, 4.69) is 0 Å². The van der Waals surface area contributed by atoms with E-state index in [-0.39, 0.29) is 35.3 Å². The van der Waals surface area contributed by atoms with Gasteiger partial charge in [0.1, 0.15) is 0 Å². The van der Waals surface area contributed by atoms with Crippen LogP contribution in [-0.2, 0) is 10.1 Å². The molecule has 0 aliphatic rings. The van der Waals surface area contributed by atoms with Crippen LogP contribution in [0.25, 0.3) is 0 Å². The molecule has 7 heteroatoms. The molecule has 0 aromatic heterocycles. The fourth-order valence-corrected chi connectivity index (χ4v) is 0. The van der Waals surface area contributed by atoms with Crippen LogP contribution >= 0.6 is 0 Å². The molecule has 0 unspecified atom stereocenters. The summed E-state index contributed by atoms with van der Waals surface area (Å²) in [6.07, 6.45) is 0. The first kappa shape index (κ1) is 17.8. The molecule has 0 fully saturated rings. The number of hydrogen-bond donors (Lipinski definition) is 3. The molecule has 0 saturated heterocycles. The zero-order chi connectivity index (χ0) is 8.62. The molecular formula is C4H15N2NaO3S. The second-order valence-corrected chi connectivity index (χ2v) is 3.19. The van der Waals surface area contributed by atoms with Crippen LogP contribution in [0, 0.1) is 0 Å². The van der Waals surface area contributed by atoms with Crippen LogP contribution in [0.3, 0.4) is 0 Å². The summed E-state index contributed by atoms with van der Waals surface area (Å²) in [5.74, 6) is -0.201. The zero-order valence-electron chi connectivity index (χ0n) is 5.95. The van der Waals surface area contributed by atoms with Crippen LogP contribution in [0.1, 0.15) is 6.92 Å². The average molecular weight is 194 g/mol. The van der Waals surface area contributed by atoms with Gasteiger partial charge in [-0.2, -0.15) is 8.42 Å². The number of hydrogen-bond acceptors (Lipinski definition) is 4. The topological polar surface area (TPSA) is 106 Å². The van der Waals surface area contributed by atoms with E-state index in [1.54, 1.807) is 0 Å². The van der Waals surface area contributed by atoms with Crippen LogP contribution in [-0.4, -0.2) is 61.4 Å². The molecule has 0 amide bonds. The van der Waals surface area contributed by atoms with Crippen molar-refractivity contribution in [3.63, 3.8) is 0 Å². The van der Waals surface area contributed by atoms with Crippen LogP contribution in [0.4, 0.5) is 0 Å². The van der Waals surface area contributed by atoms with Crippen molar-refractivity contribution in [2.45, 2.75) is 6.92 Å². The van der Waals surface area contributed by atoms with Gasteiger partial charge in [0.05, 0.1) is 5.75 Å².